The van der Waals surface area contributed by atoms with Crippen LogP contribution in [-0.2, 0) is 0 Å². The van der Waals surface area contributed by atoms with Crippen molar-refractivity contribution in [3.63, 3.8) is 0 Å². The molecule has 0 fully saturated rings. The van der Waals surface area contributed by atoms with Crippen molar-refractivity contribution in [2.24, 2.45) is 0 Å². The fraction of sp³-hybridized carbons (Fsp3) is 1.00. The van der Waals surface area contributed by atoms with Gasteiger partial charge in [0.2, 0.25) is 0 Å². The van der Waals surface area contributed by atoms with Crippen LogP contribution < -0.4 is 0 Å². The van der Waals surface area contributed by atoms with Gasteiger partial charge in [0.15, 0.2) is 0 Å². The van der Waals surface area contributed by atoms with E-state index in [0.717, 1.165) is 0 Å². The molecule has 66 valence electrons. The van der Waals surface area contributed by atoms with Crippen molar-refractivity contribution < 1.29 is 0 Å². The lowest BCUT2D eigenvalue weighted by Gasteiger charge is -1.90. The molecular formula is C8H24N2. The topological polar surface area (TPSA) is 6.48 Å². The summed E-state index contributed by atoms with van der Waals surface area (Å²) < 4.78 is 0. The number of hydrogen-bond acceptors (Lipinski definition) is 2. The number of rotatable bonds is 0. The lowest BCUT2D eigenvalue weighted by Crippen LogP contribution is -1.99. The van der Waals surface area contributed by atoms with Gasteiger partial charge in [0.25, 0.3) is 0 Å². The minimum Gasteiger partial charge on any atom is -0.312 e. The molecule has 0 spiro atoms. The molecule has 0 bridgehead atoms. The van der Waals surface area contributed by atoms with Crippen LogP contribution in [0.25, 0.3) is 0 Å². The van der Waals surface area contributed by atoms with Gasteiger partial charge in [-0.2, -0.15) is 0 Å². The fourth-order valence-electron chi connectivity index (χ4n) is 0. The van der Waals surface area contributed by atoms with Crippen LogP contribution in [0.1, 0.15) is 13.8 Å². The van der Waals surface area contributed by atoms with Gasteiger partial charge in [0.05, 0.1) is 0 Å². The third-order valence-corrected chi connectivity index (χ3v) is 0. The molecule has 0 unspecified atom stereocenters. The highest BCUT2D eigenvalue weighted by Crippen LogP contribution is 1.48. The van der Waals surface area contributed by atoms with E-state index in [0.29, 0.717) is 0 Å². The first-order valence-corrected chi connectivity index (χ1v) is 3.68. The molecule has 0 aromatic rings. The van der Waals surface area contributed by atoms with E-state index >= 15 is 0 Å². The molecule has 0 aliphatic carbocycles. The number of hydrogen-bond donors (Lipinski definition) is 0. The zero-order valence-electron chi connectivity index (χ0n) is 8.89. The molecule has 2 heteroatoms. The highest BCUT2D eigenvalue weighted by molar-refractivity contribution is 4.09. The van der Waals surface area contributed by atoms with Crippen LogP contribution in [0, 0.1) is 0 Å². The van der Waals surface area contributed by atoms with Gasteiger partial charge in [-0.1, -0.05) is 13.8 Å². The summed E-state index contributed by atoms with van der Waals surface area (Å²) in [5.74, 6) is 0. The molecular weight excluding hydrogens is 124 g/mol. The molecule has 10 heavy (non-hydrogen) atoms. The Balaban J connectivity index is -0.0000000787. The Morgan fingerprint density at radius 3 is 0.500 bits per heavy atom. The summed E-state index contributed by atoms with van der Waals surface area (Å²) in [7, 11) is 12.0. The van der Waals surface area contributed by atoms with Crippen molar-refractivity contribution in [1.29, 1.82) is 0 Å². The summed E-state index contributed by atoms with van der Waals surface area (Å²) in [6.45, 7) is 4.00. The minimum absolute atomic E-state index is 2.00. The van der Waals surface area contributed by atoms with Crippen LogP contribution >= 0.6 is 0 Å². The average molecular weight is 148 g/mol. The fourth-order valence-corrected chi connectivity index (χ4v) is 0. The summed E-state index contributed by atoms with van der Waals surface area (Å²) in [6, 6.07) is 0. The quantitative estimate of drug-likeness (QED) is 0.512. The molecule has 0 saturated carbocycles. The monoisotopic (exact) mass is 148 g/mol. The van der Waals surface area contributed by atoms with Crippen molar-refractivity contribution in [3.8, 4) is 0 Å². The van der Waals surface area contributed by atoms with E-state index in [1.54, 1.807) is 0 Å². The van der Waals surface area contributed by atoms with E-state index in [9.17, 15) is 0 Å². The predicted molar refractivity (Wildman–Crippen MR) is 50.6 cm³/mol. The van der Waals surface area contributed by atoms with Gasteiger partial charge in [0, 0.05) is 0 Å². The Hall–Kier alpha value is -0.0800. The van der Waals surface area contributed by atoms with Gasteiger partial charge in [-0.05, 0) is 42.3 Å². The lowest BCUT2D eigenvalue weighted by atomic mass is 11.0. The van der Waals surface area contributed by atoms with E-state index in [4.69, 9.17) is 0 Å². The molecule has 0 aliphatic heterocycles. The van der Waals surface area contributed by atoms with Gasteiger partial charge in [0.1, 0.15) is 0 Å². The molecule has 0 aliphatic rings. The van der Waals surface area contributed by atoms with E-state index in [1.807, 2.05) is 65.9 Å². The molecule has 0 rings (SSSR count). The molecule has 0 aromatic heterocycles. The molecule has 0 aromatic carbocycles. The third kappa shape index (κ3) is 59300. The highest BCUT2D eigenvalue weighted by atomic mass is 15.0. The smallest absolute Gasteiger partial charge is 0.0140 e. The second-order valence-electron chi connectivity index (χ2n) is 2.68. The Kier molecular flexibility index (Phi) is 26.3. The SMILES string of the molecule is CC.CN(C)C.CN(C)C. The van der Waals surface area contributed by atoms with Crippen LogP contribution in [0.2, 0.25) is 0 Å². The van der Waals surface area contributed by atoms with Gasteiger partial charge < -0.3 is 9.80 Å². The molecule has 0 N–H and O–H groups in total. The van der Waals surface area contributed by atoms with E-state index in [2.05, 4.69) is 0 Å². The first-order valence-electron chi connectivity index (χ1n) is 3.68. The standard InChI is InChI=1S/2C3H9N.C2H6/c2*1-4(2)3;1-2/h2*1-3H3;1-2H3. The highest BCUT2D eigenvalue weighted by Gasteiger charge is 1.58. The molecule has 0 heterocycles. The number of nitrogens with zero attached hydrogens (tertiary/aromatic N) is 2. The largest absolute Gasteiger partial charge is 0.312 e. The first-order chi connectivity index (χ1) is 4.46. The molecule has 0 radical (unpaired) electrons. The summed E-state index contributed by atoms with van der Waals surface area (Å²) in [6.07, 6.45) is 0. The minimum atomic E-state index is 2.00. The summed E-state index contributed by atoms with van der Waals surface area (Å²) in [5.41, 5.74) is 0. The Morgan fingerprint density at radius 2 is 0.500 bits per heavy atom. The third-order valence-electron chi connectivity index (χ3n) is 0. The maximum Gasteiger partial charge on any atom is -0.0140 e. The van der Waals surface area contributed by atoms with E-state index < -0.39 is 0 Å². The van der Waals surface area contributed by atoms with Gasteiger partial charge in [-0.3, -0.25) is 0 Å². The molecule has 0 atom stereocenters. The maximum atomic E-state index is 2.00. The van der Waals surface area contributed by atoms with Crippen molar-refractivity contribution in [3.05, 3.63) is 0 Å². The van der Waals surface area contributed by atoms with Crippen LogP contribution in [0.15, 0.2) is 0 Å². The summed E-state index contributed by atoms with van der Waals surface area (Å²) in [5, 5.41) is 0. The van der Waals surface area contributed by atoms with Gasteiger partial charge in [-0.15, -0.1) is 0 Å². The zero-order valence-corrected chi connectivity index (χ0v) is 8.89. The lowest BCUT2D eigenvalue weighted by molar-refractivity contribution is 0.505. The second kappa shape index (κ2) is 16.0. The zero-order chi connectivity index (χ0) is 9.15. The summed E-state index contributed by atoms with van der Waals surface area (Å²) in [4.78, 5) is 4.00. The maximum absolute atomic E-state index is 2.00. The van der Waals surface area contributed by atoms with E-state index in [-0.39, 0.29) is 0 Å². The first kappa shape index (κ1) is 16.5. The Bertz CT molecular complexity index is 22.7. The van der Waals surface area contributed by atoms with Gasteiger partial charge >= 0.3 is 0 Å². The van der Waals surface area contributed by atoms with Crippen LogP contribution in [0.4, 0.5) is 0 Å². The van der Waals surface area contributed by atoms with Crippen molar-refractivity contribution >= 4 is 0 Å². The molecule has 0 saturated heterocycles. The van der Waals surface area contributed by atoms with Crippen molar-refractivity contribution in [2.75, 3.05) is 42.3 Å². The van der Waals surface area contributed by atoms with Crippen LogP contribution in [-0.4, -0.2) is 52.1 Å². The molecule has 2 nitrogen and oxygen atoms in total. The molecule has 0 amide bonds. The Labute approximate surface area is 66.8 Å². The van der Waals surface area contributed by atoms with E-state index in [1.165, 1.54) is 0 Å². The van der Waals surface area contributed by atoms with Crippen LogP contribution in [0.5, 0.6) is 0 Å². The predicted octanol–water partition coefficient (Wildman–Crippen LogP) is 1.38. The second-order valence-corrected chi connectivity index (χ2v) is 2.68. The Morgan fingerprint density at radius 1 is 0.500 bits per heavy atom. The van der Waals surface area contributed by atoms with Crippen molar-refractivity contribution in [1.82, 2.24) is 9.80 Å². The normalized spacial score (nSPS) is 7.80. The van der Waals surface area contributed by atoms with Gasteiger partial charge in [-0.25, -0.2) is 0 Å². The average Bonchev–Trinajstić information content (AvgIpc) is 1.66. The van der Waals surface area contributed by atoms with Crippen molar-refractivity contribution in [2.45, 2.75) is 13.8 Å². The van der Waals surface area contributed by atoms with Crippen LogP contribution in [0.3, 0.4) is 0 Å². The summed E-state index contributed by atoms with van der Waals surface area (Å²) >= 11 is 0.